The molecule has 0 atom stereocenters. The standard InChI is InChI=1S/C19H21N3O3/c1-3-24-17-9-8-14(11-18(17)25-4-2)19(23)20-13-15-12-16-7-5-6-10-22(16)21-15/h5-12H,3-4,13H2,1-2H3,(H,20,23). The first-order valence-electron chi connectivity index (χ1n) is 8.32. The molecule has 25 heavy (non-hydrogen) atoms. The molecule has 0 saturated carbocycles. The Morgan fingerprint density at radius 3 is 2.64 bits per heavy atom. The highest BCUT2D eigenvalue weighted by Crippen LogP contribution is 2.28. The van der Waals surface area contributed by atoms with Gasteiger partial charge in [0, 0.05) is 11.8 Å². The van der Waals surface area contributed by atoms with Crippen molar-refractivity contribution in [1.82, 2.24) is 14.9 Å². The molecule has 0 aliphatic carbocycles. The van der Waals surface area contributed by atoms with Crippen LogP contribution in [0.3, 0.4) is 0 Å². The number of fused-ring (bicyclic) bond motifs is 1. The smallest absolute Gasteiger partial charge is 0.251 e. The third-order valence-corrected chi connectivity index (χ3v) is 3.66. The highest BCUT2D eigenvalue weighted by Gasteiger charge is 2.12. The monoisotopic (exact) mass is 339 g/mol. The number of benzene rings is 1. The van der Waals surface area contributed by atoms with Crippen LogP contribution in [-0.2, 0) is 6.54 Å². The zero-order valence-corrected chi connectivity index (χ0v) is 14.4. The van der Waals surface area contributed by atoms with Crippen LogP contribution in [-0.4, -0.2) is 28.7 Å². The maximum Gasteiger partial charge on any atom is 0.251 e. The molecule has 0 aliphatic rings. The van der Waals surface area contributed by atoms with Crippen molar-refractivity contribution in [2.45, 2.75) is 20.4 Å². The van der Waals surface area contributed by atoms with Crippen LogP contribution in [0.4, 0.5) is 0 Å². The van der Waals surface area contributed by atoms with E-state index >= 15 is 0 Å². The number of nitrogens with one attached hydrogen (secondary N) is 1. The maximum absolute atomic E-state index is 12.4. The Morgan fingerprint density at radius 1 is 1.08 bits per heavy atom. The molecule has 2 heterocycles. The molecule has 0 radical (unpaired) electrons. The predicted molar refractivity (Wildman–Crippen MR) is 95.1 cm³/mol. The average molecular weight is 339 g/mol. The Labute approximate surface area is 146 Å². The molecule has 6 nitrogen and oxygen atoms in total. The Hall–Kier alpha value is -3.02. The lowest BCUT2D eigenvalue weighted by molar-refractivity contribution is 0.0950. The highest BCUT2D eigenvalue weighted by atomic mass is 16.5. The minimum Gasteiger partial charge on any atom is -0.490 e. The lowest BCUT2D eigenvalue weighted by atomic mass is 10.2. The van der Waals surface area contributed by atoms with Crippen LogP contribution in [0.25, 0.3) is 5.52 Å². The van der Waals surface area contributed by atoms with Crippen LogP contribution >= 0.6 is 0 Å². The van der Waals surface area contributed by atoms with Crippen molar-refractivity contribution in [2.24, 2.45) is 0 Å². The van der Waals surface area contributed by atoms with Gasteiger partial charge in [0.1, 0.15) is 0 Å². The van der Waals surface area contributed by atoms with E-state index < -0.39 is 0 Å². The van der Waals surface area contributed by atoms with E-state index in [4.69, 9.17) is 9.47 Å². The van der Waals surface area contributed by atoms with Crippen molar-refractivity contribution in [1.29, 1.82) is 0 Å². The van der Waals surface area contributed by atoms with Crippen molar-refractivity contribution in [2.75, 3.05) is 13.2 Å². The van der Waals surface area contributed by atoms with Crippen LogP contribution in [0.5, 0.6) is 11.5 Å². The minimum atomic E-state index is -0.180. The summed E-state index contributed by atoms with van der Waals surface area (Å²) in [7, 11) is 0. The number of aromatic nitrogens is 2. The number of carbonyl (C=O) groups is 1. The van der Waals surface area contributed by atoms with Gasteiger partial charge in [-0.2, -0.15) is 5.10 Å². The van der Waals surface area contributed by atoms with Crippen LogP contribution in [0.2, 0.25) is 0 Å². The quantitative estimate of drug-likeness (QED) is 0.718. The molecule has 1 N–H and O–H groups in total. The molecule has 130 valence electrons. The fourth-order valence-electron chi connectivity index (χ4n) is 2.54. The van der Waals surface area contributed by atoms with Gasteiger partial charge in [-0.1, -0.05) is 6.07 Å². The summed E-state index contributed by atoms with van der Waals surface area (Å²) in [5.74, 6) is 1.03. The molecule has 0 unspecified atom stereocenters. The first kappa shape index (κ1) is 16.8. The maximum atomic E-state index is 12.4. The van der Waals surface area contributed by atoms with E-state index in [1.54, 1.807) is 22.7 Å². The number of nitrogens with zero attached hydrogens (tertiary/aromatic N) is 2. The van der Waals surface area contributed by atoms with Crippen molar-refractivity contribution in [3.05, 3.63) is 59.9 Å². The molecule has 1 amide bonds. The molecular formula is C19H21N3O3. The van der Waals surface area contributed by atoms with Crippen molar-refractivity contribution in [3.63, 3.8) is 0 Å². The van der Waals surface area contributed by atoms with Crippen LogP contribution in [0.1, 0.15) is 29.9 Å². The topological polar surface area (TPSA) is 64.9 Å². The first-order valence-corrected chi connectivity index (χ1v) is 8.32. The molecule has 6 heteroatoms. The molecule has 0 fully saturated rings. The molecular weight excluding hydrogens is 318 g/mol. The number of hydrogen-bond donors (Lipinski definition) is 1. The Kier molecular flexibility index (Phi) is 5.18. The molecule has 0 aliphatic heterocycles. The second kappa shape index (κ2) is 7.70. The molecule has 0 saturated heterocycles. The van der Waals surface area contributed by atoms with Gasteiger partial charge in [0.25, 0.3) is 5.91 Å². The number of carbonyl (C=O) groups excluding carboxylic acids is 1. The predicted octanol–water partition coefficient (Wildman–Crippen LogP) is 3.06. The zero-order chi connectivity index (χ0) is 17.6. The van der Waals surface area contributed by atoms with Gasteiger partial charge in [-0.3, -0.25) is 4.79 Å². The number of rotatable bonds is 7. The third-order valence-electron chi connectivity index (χ3n) is 3.66. The minimum absolute atomic E-state index is 0.180. The van der Waals surface area contributed by atoms with Gasteiger partial charge >= 0.3 is 0 Å². The summed E-state index contributed by atoms with van der Waals surface area (Å²) in [6.07, 6.45) is 1.88. The van der Waals surface area contributed by atoms with Gasteiger partial charge in [0.15, 0.2) is 11.5 Å². The number of ether oxygens (including phenoxy) is 2. The molecule has 3 aromatic rings. The molecule has 2 aromatic heterocycles. The van der Waals surface area contributed by atoms with Crippen LogP contribution < -0.4 is 14.8 Å². The van der Waals surface area contributed by atoms with Crippen LogP contribution in [0.15, 0.2) is 48.7 Å². The lowest BCUT2D eigenvalue weighted by Crippen LogP contribution is -2.23. The van der Waals surface area contributed by atoms with Crippen molar-refractivity contribution < 1.29 is 14.3 Å². The van der Waals surface area contributed by atoms with Gasteiger partial charge in [-0.15, -0.1) is 0 Å². The van der Waals surface area contributed by atoms with Gasteiger partial charge in [0.05, 0.1) is 31.0 Å². The van der Waals surface area contributed by atoms with Crippen LogP contribution in [0, 0.1) is 0 Å². The van der Waals surface area contributed by atoms with E-state index in [1.165, 1.54) is 0 Å². The molecule has 3 rings (SSSR count). The lowest BCUT2D eigenvalue weighted by Gasteiger charge is -2.12. The normalized spacial score (nSPS) is 10.6. The van der Waals surface area contributed by atoms with Gasteiger partial charge in [0.2, 0.25) is 0 Å². The summed E-state index contributed by atoms with van der Waals surface area (Å²) in [5, 5.41) is 7.31. The average Bonchev–Trinajstić information content (AvgIpc) is 3.04. The summed E-state index contributed by atoms with van der Waals surface area (Å²) < 4.78 is 12.9. The zero-order valence-electron chi connectivity index (χ0n) is 14.4. The summed E-state index contributed by atoms with van der Waals surface area (Å²) >= 11 is 0. The number of amides is 1. The van der Waals surface area contributed by atoms with Crippen molar-refractivity contribution in [3.8, 4) is 11.5 Å². The Balaban J connectivity index is 1.70. The number of pyridine rings is 1. The summed E-state index contributed by atoms with van der Waals surface area (Å²) in [6.45, 7) is 5.21. The SMILES string of the molecule is CCOc1ccc(C(=O)NCc2cc3ccccn3n2)cc1OCC. The van der Waals surface area contributed by atoms with E-state index in [0.717, 1.165) is 11.2 Å². The Bertz CT molecular complexity index is 840. The fourth-order valence-corrected chi connectivity index (χ4v) is 2.54. The van der Waals surface area contributed by atoms with Crippen molar-refractivity contribution >= 4 is 11.4 Å². The highest BCUT2D eigenvalue weighted by molar-refractivity contribution is 5.94. The summed E-state index contributed by atoms with van der Waals surface area (Å²) in [5.41, 5.74) is 2.32. The van der Waals surface area contributed by atoms with Gasteiger partial charge in [-0.25, -0.2) is 4.52 Å². The largest absolute Gasteiger partial charge is 0.490 e. The van der Waals surface area contributed by atoms with E-state index in [-0.39, 0.29) is 5.91 Å². The Morgan fingerprint density at radius 2 is 1.88 bits per heavy atom. The van der Waals surface area contributed by atoms with E-state index in [9.17, 15) is 4.79 Å². The second-order valence-electron chi connectivity index (χ2n) is 5.42. The third kappa shape index (κ3) is 3.91. The number of hydrogen-bond acceptors (Lipinski definition) is 4. The second-order valence-corrected chi connectivity index (χ2v) is 5.42. The summed E-state index contributed by atoms with van der Waals surface area (Å²) in [6, 6.07) is 13.0. The van der Waals surface area contributed by atoms with E-state index in [1.807, 2.05) is 44.3 Å². The molecule has 1 aromatic carbocycles. The summed E-state index contributed by atoms with van der Waals surface area (Å²) in [4.78, 5) is 12.4. The molecule has 0 spiro atoms. The van der Waals surface area contributed by atoms with E-state index in [2.05, 4.69) is 10.4 Å². The fraction of sp³-hybridized carbons (Fsp3) is 0.263. The van der Waals surface area contributed by atoms with Gasteiger partial charge in [-0.05, 0) is 50.2 Å². The molecule has 0 bridgehead atoms. The van der Waals surface area contributed by atoms with Gasteiger partial charge < -0.3 is 14.8 Å². The first-order chi connectivity index (χ1) is 12.2. The van der Waals surface area contributed by atoms with E-state index in [0.29, 0.717) is 36.8 Å².